The van der Waals surface area contributed by atoms with Crippen molar-refractivity contribution in [3.8, 4) is 5.75 Å². The van der Waals surface area contributed by atoms with Crippen LogP contribution in [0.1, 0.15) is 33.3 Å². The lowest BCUT2D eigenvalue weighted by Crippen LogP contribution is -2.35. The summed E-state index contributed by atoms with van der Waals surface area (Å²) < 4.78 is 5.68. The lowest BCUT2D eigenvalue weighted by molar-refractivity contribution is -0.122. The summed E-state index contributed by atoms with van der Waals surface area (Å²) in [6, 6.07) is 5.60. The second-order valence-electron chi connectivity index (χ2n) is 5.95. The highest BCUT2D eigenvalue weighted by Gasteiger charge is 2.15. The van der Waals surface area contributed by atoms with E-state index in [0.717, 1.165) is 5.56 Å². The van der Waals surface area contributed by atoms with Crippen LogP contribution in [-0.2, 0) is 11.3 Å². The molecule has 0 fully saturated rings. The van der Waals surface area contributed by atoms with Crippen LogP contribution in [0.4, 0.5) is 0 Å². The molecule has 1 unspecified atom stereocenters. The summed E-state index contributed by atoms with van der Waals surface area (Å²) in [5.74, 6) is -0.125. The molecule has 0 aliphatic heterocycles. The van der Waals surface area contributed by atoms with Crippen LogP contribution in [0.3, 0.4) is 0 Å². The average molecular weight is 299 g/mol. The van der Waals surface area contributed by atoms with Gasteiger partial charge in [-0.15, -0.1) is 0 Å². The number of nitrogens with two attached hydrogens (primary N) is 1. The molecule has 0 radical (unpaired) electrons. The van der Waals surface area contributed by atoms with E-state index in [1.807, 2.05) is 12.1 Å². The molecule has 0 aliphatic rings. The Morgan fingerprint density at radius 3 is 2.65 bits per heavy atom. The molecule has 0 heterocycles. The average Bonchev–Trinajstić information content (AvgIpc) is 2.33. The van der Waals surface area contributed by atoms with E-state index in [-0.39, 0.29) is 24.0 Å². The third-order valence-electron chi connectivity index (χ3n) is 2.82. The SMILES string of the molecule is CC(COc1c(Cl)cccc1CNC(C)(C)C)C(N)=O. The fraction of sp³-hybridized carbons (Fsp3) is 0.533. The number of hydrogen-bond donors (Lipinski definition) is 2. The first-order valence-corrected chi connectivity index (χ1v) is 7.03. The Kier molecular flexibility index (Phi) is 5.84. The van der Waals surface area contributed by atoms with Crippen LogP contribution in [0.2, 0.25) is 5.02 Å². The van der Waals surface area contributed by atoms with Gasteiger partial charge in [0.05, 0.1) is 17.5 Å². The number of rotatable bonds is 6. The first-order chi connectivity index (χ1) is 9.20. The molecule has 1 atom stereocenters. The Balaban J connectivity index is 2.80. The first-order valence-electron chi connectivity index (χ1n) is 6.65. The summed E-state index contributed by atoms with van der Waals surface area (Å²) in [5.41, 5.74) is 6.19. The fourth-order valence-electron chi connectivity index (χ4n) is 1.51. The van der Waals surface area contributed by atoms with Gasteiger partial charge in [0.25, 0.3) is 0 Å². The molecule has 3 N–H and O–H groups in total. The monoisotopic (exact) mass is 298 g/mol. The highest BCUT2D eigenvalue weighted by molar-refractivity contribution is 6.32. The van der Waals surface area contributed by atoms with Gasteiger partial charge < -0.3 is 15.8 Å². The summed E-state index contributed by atoms with van der Waals surface area (Å²) in [6.07, 6.45) is 0. The molecule has 0 bridgehead atoms. The van der Waals surface area contributed by atoms with E-state index in [9.17, 15) is 4.79 Å². The largest absolute Gasteiger partial charge is 0.491 e. The lowest BCUT2D eigenvalue weighted by atomic mass is 10.1. The minimum absolute atomic E-state index is 0.000103. The molecule has 20 heavy (non-hydrogen) atoms. The van der Waals surface area contributed by atoms with Gasteiger partial charge in [0, 0.05) is 17.6 Å². The molecular weight excluding hydrogens is 276 g/mol. The molecule has 112 valence electrons. The number of amides is 1. The summed E-state index contributed by atoms with van der Waals surface area (Å²) in [6.45, 7) is 8.87. The molecule has 1 aromatic carbocycles. The van der Waals surface area contributed by atoms with Gasteiger partial charge in [-0.05, 0) is 26.8 Å². The normalized spacial score (nSPS) is 13.1. The maximum atomic E-state index is 11.0. The minimum atomic E-state index is -0.383. The van der Waals surface area contributed by atoms with Crippen LogP contribution in [0.5, 0.6) is 5.75 Å². The Morgan fingerprint density at radius 1 is 1.45 bits per heavy atom. The van der Waals surface area contributed by atoms with Crippen LogP contribution >= 0.6 is 11.6 Å². The second kappa shape index (κ2) is 6.95. The van der Waals surface area contributed by atoms with Gasteiger partial charge in [-0.1, -0.05) is 30.7 Å². The van der Waals surface area contributed by atoms with Crippen molar-refractivity contribution in [2.45, 2.75) is 39.8 Å². The molecule has 1 amide bonds. The van der Waals surface area contributed by atoms with Crippen molar-refractivity contribution in [1.82, 2.24) is 5.32 Å². The molecule has 5 heteroatoms. The molecule has 0 spiro atoms. The molecule has 0 aromatic heterocycles. The Hall–Kier alpha value is -1.26. The number of halogens is 1. The molecule has 4 nitrogen and oxygen atoms in total. The van der Waals surface area contributed by atoms with Crippen molar-refractivity contribution >= 4 is 17.5 Å². The van der Waals surface area contributed by atoms with Crippen LogP contribution < -0.4 is 15.8 Å². The topological polar surface area (TPSA) is 64.3 Å². The smallest absolute Gasteiger partial charge is 0.223 e. The highest BCUT2D eigenvalue weighted by atomic mass is 35.5. The maximum Gasteiger partial charge on any atom is 0.223 e. The van der Waals surface area contributed by atoms with Crippen LogP contribution in [0.15, 0.2) is 18.2 Å². The number of benzene rings is 1. The summed E-state index contributed by atoms with van der Waals surface area (Å²) in [7, 11) is 0. The third kappa shape index (κ3) is 5.39. The Bertz CT molecular complexity index is 469. The fourth-order valence-corrected chi connectivity index (χ4v) is 1.75. The highest BCUT2D eigenvalue weighted by Crippen LogP contribution is 2.29. The number of nitrogens with one attached hydrogen (secondary N) is 1. The van der Waals surface area contributed by atoms with E-state index in [1.54, 1.807) is 13.0 Å². The Labute approximate surface area is 125 Å². The van der Waals surface area contributed by atoms with Gasteiger partial charge in [-0.3, -0.25) is 4.79 Å². The molecule has 0 aliphatic carbocycles. The molecule has 0 saturated carbocycles. The molecular formula is C15H23ClN2O2. The van der Waals surface area contributed by atoms with Crippen LogP contribution in [0, 0.1) is 5.92 Å². The zero-order valence-corrected chi connectivity index (χ0v) is 13.3. The Morgan fingerprint density at radius 2 is 2.10 bits per heavy atom. The van der Waals surface area contributed by atoms with Crippen molar-refractivity contribution < 1.29 is 9.53 Å². The standard InChI is InChI=1S/C15H23ClN2O2/c1-10(14(17)19)9-20-13-11(6-5-7-12(13)16)8-18-15(2,3)4/h5-7,10,18H,8-9H2,1-4H3,(H2,17,19). The number of carbonyl (C=O) groups is 1. The van der Waals surface area contributed by atoms with E-state index in [4.69, 9.17) is 22.1 Å². The summed E-state index contributed by atoms with van der Waals surface area (Å²) in [4.78, 5) is 11.0. The van der Waals surface area contributed by atoms with Gasteiger partial charge in [0.15, 0.2) is 0 Å². The first kappa shape index (κ1) is 16.8. The van der Waals surface area contributed by atoms with Crippen molar-refractivity contribution in [3.63, 3.8) is 0 Å². The van der Waals surface area contributed by atoms with Crippen LogP contribution in [0.25, 0.3) is 0 Å². The third-order valence-corrected chi connectivity index (χ3v) is 3.12. The number of ether oxygens (including phenoxy) is 1. The molecule has 1 aromatic rings. The van der Waals surface area contributed by atoms with Gasteiger partial charge >= 0.3 is 0 Å². The van der Waals surface area contributed by atoms with E-state index < -0.39 is 0 Å². The lowest BCUT2D eigenvalue weighted by Gasteiger charge is -2.22. The van der Waals surface area contributed by atoms with Crippen molar-refractivity contribution in [1.29, 1.82) is 0 Å². The van der Waals surface area contributed by atoms with Gasteiger partial charge in [0.1, 0.15) is 5.75 Å². The van der Waals surface area contributed by atoms with Gasteiger partial charge in [-0.2, -0.15) is 0 Å². The zero-order valence-electron chi connectivity index (χ0n) is 12.5. The van der Waals surface area contributed by atoms with E-state index in [2.05, 4.69) is 26.1 Å². The quantitative estimate of drug-likeness (QED) is 0.849. The van der Waals surface area contributed by atoms with Gasteiger partial charge in [0.2, 0.25) is 5.91 Å². The van der Waals surface area contributed by atoms with E-state index in [1.165, 1.54) is 0 Å². The summed E-state index contributed by atoms with van der Waals surface area (Å²) >= 11 is 6.17. The second-order valence-corrected chi connectivity index (χ2v) is 6.35. The van der Waals surface area contributed by atoms with E-state index >= 15 is 0 Å². The molecule has 0 saturated heterocycles. The van der Waals surface area contributed by atoms with Crippen LogP contribution in [-0.4, -0.2) is 18.1 Å². The summed E-state index contributed by atoms with van der Waals surface area (Å²) in [5, 5.41) is 3.92. The number of primary amides is 1. The van der Waals surface area contributed by atoms with Crippen molar-refractivity contribution in [3.05, 3.63) is 28.8 Å². The van der Waals surface area contributed by atoms with Gasteiger partial charge in [-0.25, -0.2) is 0 Å². The maximum absolute atomic E-state index is 11.0. The predicted octanol–water partition coefficient (Wildman–Crippen LogP) is 2.73. The van der Waals surface area contributed by atoms with Crippen molar-refractivity contribution in [2.24, 2.45) is 11.7 Å². The minimum Gasteiger partial charge on any atom is -0.491 e. The van der Waals surface area contributed by atoms with Crippen molar-refractivity contribution in [2.75, 3.05) is 6.61 Å². The number of para-hydroxylation sites is 1. The number of carbonyl (C=O) groups excluding carboxylic acids is 1. The zero-order chi connectivity index (χ0) is 15.3. The van der Waals surface area contributed by atoms with E-state index in [0.29, 0.717) is 17.3 Å². The molecule has 1 rings (SSSR count). The number of hydrogen-bond acceptors (Lipinski definition) is 3. The predicted molar refractivity (Wildman–Crippen MR) is 81.9 cm³/mol.